The van der Waals surface area contributed by atoms with Crippen LogP contribution in [-0.2, 0) is 9.47 Å². The van der Waals surface area contributed by atoms with E-state index in [0.29, 0.717) is 23.7 Å². The van der Waals surface area contributed by atoms with Crippen LogP contribution in [0.4, 0.5) is 0 Å². The van der Waals surface area contributed by atoms with Gasteiger partial charge in [0.2, 0.25) is 0 Å². The monoisotopic (exact) mass is 252 g/mol. The molecule has 1 aliphatic rings. The van der Waals surface area contributed by atoms with E-state index in [1.54, 1.807) is 25.3 Å². The van der Waals surface area contributed by atoms with E-state index in [-0.39, 0.29) is 6.29 Å². The fourth-order valence-electron chi connectivity index (χ4n) is 1.80. The Bertz CT molecular complexity index is 423. The highest BCUT2D eigenvalue weighted by molar-refractivity contribution is 5.90. The third kappa shape index (κ3) is 2.73. The van der Waals surface area contributed by atoms with Gasteiger partial charge in [0, 0.05) is 6.42 Å². The number of hydrogen-bond donors (Lipinski definition) is 0. The topological polar surface area (TPSA) is 54.0 Å². The lowest BCUT2D eigenvalue weighted by Crippen LogP contribution is -2.15. The summed E-state index contributed by atoms with van der Waals surface area (Å²) in [5.41, 5.74) is 0.422. The van der Waals surface area contributed by atoms with Crippen LogP contribution in [-0.4, -0.2) is 33.1 Å². The minimum absolute atomic E-state index is 0.271. The maximum absolute atomic E-state index is 11.5. The molecule has 5 heteroatoms. The van der Waals surface area contributed by atoms with Crippen LogP contribution >= 0.6 is 0 Å². The number of ether oxygens (including phenoxy) is 4. The minimum atomic E-state index is -0.408. The van der Waals surface area contributed by atoms with E-state index in [4.69, 9.17) is 14.2 Å². The fourth-order valence-corrected chi connectivity index (χ4v) is 1.80. The highest BCUT2D eigenvalue weighted by Crippen LogP contribution is 2.31. The molecule has 0 bridgehead atoms. The number of benzene rings is 1. The van der Waals surface area contributed by atoms with E-state index in [2.05, 4.69) is 4.74 Å². The lowest BCUT2D eigenvalue weighted by Gasteiger charge is -2.16. The molecule has 0 aliphatic carbocycles. The Morgan fingerprint density at radius 1 is 1.33 bits per heavy atom. The molecule has 1 aliphatic heterocycles. The van der Waals surface area contributed by atoms with Gasteiger partial charge in [0.05, 0.1) is 26.4 Å². The summed E-state index contributed by atoms with van der Waals surface area (Å²) in [6.07, 6.45) is 1.54. The summed E-state index contributed by atoms with van der Waals surface area (Å²) in [7, 11) is 2.89. The quantitative estimate of drug-likeness (QED) is 0.767. The molecule has 0 amide bonds. The average Bonchev–Trinajstić information content (AvgIpc) is 2.90. The molecule has 1 saturated heterocycles. The van der Waals surface area contributed by atoms with E-state index in [1.807, 2.05) is 0 Å². The first-order valence-electron chi connectivity index (χ1n) is 5.79. The van der Waals surface area contributed by atoms with Gasteiger partial charge in [-0.25, -0.2) is 4.79 Å². The van der Waals surface area contributed by atoms with Crippen molar-refractivity contribution in [3.05, 3.63) is 23.8 Å². The number of methoxy groups -OCH3 is 2. The zero-order chi connectivity index (χ0) is 13.0. The van der Waals surface area contributed by atoms with Crippen LogP contribution < -0.4 is 9.47 Å². The first kappa shape index (κ1) is 12.7. The number of carbonyl (C=O) groups excluding carboxylic acids is 1. The van der Waals surface area contributed by atoms with Gasteiger partial charge in [0.1, 0.15) is 0 Å². The third-order valence-corrected chi connectivity index (χ3v) is 2.73. The Labute approximate surface area is 106 Å². The van der Waals surface area contributed by atoms with Gasteiger partial charge < -0.3 is 18.9 Å². The van der Waals surface area contributed by atoms with Crippen molar-refractivity contribution in [3.63, 3.8) is 0 Å². The molecule has 0 N–H and O–H groups in total. The zero-order valence-electron chi connectivity index (χ0n) is 10.5. The summed E-state index contributed by atoms with van der Waals surface area (Å²) < 4.78 is 20.9. The van der Waals surface area contributed by atoms with E-state index in [9.17, 15) is 4.79 Å². The van der Waals surface area contributed by atoms with Gasteiger partial charge in [-0.3, -0.25) is 0 Å². The van der Waals surface area contributed by atoms with Crippen LogP contribution in [0.5, 0.6) is 11.5 Å². The van der Waals surface area contributed by atoms with E-state index < -0.39 is 5.97 Å². The predicted molar refractivity (Wildman–Crippen MR) is 63.9 cm³/mol. The summed E-state index contributed by atoms with van der Waals surface area (Å²) in [6, 6.07) is 4.91. The van der Waals surface area contributed by atoms with Gasteiger partial charge in [-0.2, -0.15) is 0 Å². The zero-order valence-corrected chi connectivity index (χ0v) is 10.5. The lowest BCUT2D eigenvalue weighted by molar-refractivity contribution is -0.0403. The largest absolute Gasteiger partial charge is 0.493 e. The van der Waals surface area contributed by atoms with Crippen molar-refractivity contribution >= 4 is 5.97 Å². The second kappa shape index (κ2) is 5.73. The normalized spacial score (nSPS) is 18.4. The molecule has 5 nitrogen and oxygen atoms in total. The number of hydrogen-bond acceptors (Lipinski definition) is 5. The van der Waals surface area contributed by atoms with Crippen molar-refractivity contribution in [3.8, 4) is 11.5 Å². The van der Waals surface area contributed by atoms with Crippen molar-refractivity contribution in [2.75, 3.05) is 20.8 Å². The van der Waals surface area contributed by atoms with E-state index >= 15 is 0 Å². The Morgan fingerprint density at radius 2 is 2.17 bits per heavy atom. The van der Waals surface area contributed by atoms with Gasteiger partial charge in [-0.05, 0) is 24.6 Å². The molecule has 0 radical (unpaired) electrons. The van der Waals surface area contributed by atoms with Gasteiger partial charge >= 0.3 is 5.97 Å². The first-order chi connectivity index (χ1) is 8.74. The molecule has 0 aromatic heterocycles. The smallest absolute Gasteiger partial charge is 0.337 e. The summed E-state index contributed by atoms with van der Waals surface area (Å²) in [6.45, 7) is 0.698. The second-order valence-corrected chi connectivity index (χ2v) is 3.92. The third-order valence-electron chi connectivity index (χ3n) is 2.73. The van der Waals surface area contributed by atoms with Crippen LogP contribution in [0.15, 0.2) is 18.2 Å². The Kier molecular flexibility index (Phi) is 4.04. The number of carbonyl (C=O) groups is 1. The molecule has 1 fully saturated rings. The van der Waals surface area contributed by atoms with Crippen LogP contribution in [0.3, 0.4) is 0 Å². The van der Waals surface area contributed by atoms with Gasteiger partial charge in [0.15, 0.2) is 17.8 Å². The van der Waals surface area contributed by atoms with Crippen molar-refractivity contribution in [1.29, 1.82) is 0 Å². The maximum Gasteiger partial charge on any atom is 0.337 e. The highest BCUT2D eigenvalue weighted by atomic mass is 16.7. The number of esters is 1. The van der Waals surface area contributed by atoms with E-state index in [1.165, 1.54) is 7.11 Å². The van der Waals surface area contributed by atoms with Crippen LogP contribution in [0.25, 0.3) is 0 Å². The Morgan fingerprint density at radius 3 is 2.78 bits per heavy atom. The molecule has 1 unspecified atom stereocenters. The highest BCUT2D eigenvalue weighted by Gasteiger charge is 2.20. The van der Waals surface area contributed by atoms with Crippen LogP contribution in [0, 0.1) is 0 Å². The molecule has 98 valence electrons. The second-order valence-electron chi connectivity index (χ2n) is 3.92. The van der Waals surface area contributed by atoms with Crippen LogP contribution in [0.1, 0.15) is 23.2 Å². The minimum Gasteiger partial charge on any atom is -0.493 e. The summed E-state index contributed by atoms with van der Waals surface area (Å²) in [5.74, 6) is 0.653. The van der Waals surface area contributed by atoms with Crippen molar-refractivity contribution in [2.24, 2.45) is 0 Å². The average molecular weight is 252 g/mol. The SMILES string of the molecule is COC(=O)c1ccc(OC)c(OC2CCCO2)c1. The Balaban J connectivity index is 2.21. The molecule has 1 atom stereocenters. The van der Waals surface area contributed by atoms with Crippen molar-refractivity contribution in [1.82, 2.24) is 0 Å². The summed E-state index contributed by atoms with van der Waals surface area (Å²) in [5, 5.41) is 0. The van der Waals surface area contributed by atoms with Crippen LogP contribution in [0.2, 0.25) is 0 Å². The molecule has 18 heavy (non-hydrogen) atoms. The standard InChI is InChI=1S/C13H16O5/c1-15-10-6-5-9(13(14)16-2)8-11(10)18-12-4-3-7-17-12/h5-6,8,12H,3-4,7H2,1-2H3. The fraction of sp³-hybridized carbons (Fsp3) is 0.462. The molecule has 1 heterocycles. The van der Waals surface area contributed by atoms with Gasteiger partial charge in [-0.15, -0.1) is 0 Å². The summed E-state index contributed by atoms with van der Waals surface area (Å²) >= 11 is 0. The van der Waals surface area contributed by atoms with Gasteiger partial charge in [0.25, 0.3) is 0 Å². The molecule has 1 aromatic rings. The first-order valence-corrected chi connectivity index (χ1v) is 5.79. The molecule has 2 rings (SSSR count). The lowest BCUT2D eigenvalue weighted by atomic mass is 10.2. The maximum atomic E-state index is 11.5. The predicted octanol–water partition coefficient (Wildman–Crippen LogP) is 2.00. The van der Waals surface area contributed by atoms with Crippen molar-refractivity contribution < 1.29 is 23.7 Å². The molecular formula is C13H16O5. The molecule has 1 aromatic carbocycles. The summed E-state index contributed by atoms with van der Waals surface area (Å²) in [4.78, 5) is 11.5. The molecule has 0 saturated carbocycles. The van der Waals surface area contributed by atoms with E-state index in [0.717, 1.165) is 12.8 Å². The number of rotatable bonds is 4. The Hall–Kier alpha value is -1.75. The van der Waals surface area contributed by atoms with Gasteiger partial charge in [-0.1, -0.05) is 0 Å². The van der Waals surface area contributed by atoms with Crippen molar-refractivity contribution in [2.45, 2.75) is 19.1 Å². The molecule has 0 spiro atoms. The molecular weight excluding hydrogens is 236 g/mol.